The second-order valence-electron chi connectivity index (χ2n) is 12.1. The number of benzene rings is 3. The fourth-order valence-corrected chi connectivity index (χ4v) is 6.62. The molecule has 1 atom stereocenters. The minimum atomic E-state index is -0.545. The normalized spacial score (nSPS) is 14.4. The van der Waals surface area contributed by atoms with Crippen LogP contribution in [0.15, 0.2) is 55.1 Å². The van der Waals surface area contributed by atoms with Crippen LogP contribution in [0.3, 0.4) is 0 Å². The first-order chi connectivity index (χ1) is 22.1. The third-order valence-electron chi connectivity index (χ3n) is 8.78. The number of carbonyl (C=O) groups is 1. The maximum Gasteiger partial charge on any atom is 0.245 e. The fourth-order valence-electron chi connectivity index (χ4n) is 6.62. The number of nitrogens with zero attached hydrogens (tertiary/aromatic N) is 5. The Balaban J connectivity index is 1.68. The predicted molar refractivity (Wildman–Crippen MR) is 183 cm³/mol. The van der Waals surface area contributed by atoms with Gasteiger partial charge in [0.05, 0.1) is 17.3 Å². The third kappa shape index (κ3) is 6.21. The molecule has 0 saturated carbocycles. The molecule has 1 amide bonds. The first-order valence-electron chi connectivity index (χ1n) is 15.7. The van der Waals surface area contributed by atoms with Crippen LogP contribution >= 0.6 is 0 Å². The van der Waals surface area contributed by atoms with Gasteiger partial charge < -0.3 is 25.3 Å². The van der Waals surface area contributed by atoms with Crippen molar-refractivity contribution in [3.8, 4) is 23.1 Å². The summed E-state index contributed by atoms with van der Waals surface area (Å²) in [6.45, 7) is 12.0. The van der Waals surface area contributed by atoms with Gasteiger partial charge >= 0.3 is 0 Å². The molecule has 0 spiro atoms. The van der Waals surface area contributed by atoms with Crippen molar-refractivity contribution in [1.29, 1.82) is 5.26 Å². The standard InChI is InChI=1S/C36H42FN7O2/c1-6-16-42(5)21-23(4)46-36-33(39)35(44(40)26-14-17-43(18-15-26)29(45)7-2)28-19-22(3)30(32(37)34(28)41-36)27-13-9-11-24-10-8-12-25(20-38)31(24)27/h7-13,19,23,26H,2,6,14-18,21,39-40H2,1,3-5H3. The molecule has 46 heavy (non-hydrogen) atoms. The average molecular weight is 624 g/mol. The minimum absolute atomic E-state index is 0.0788. The smallest absolute Gasteiger partial charge is 0.245 e. The Labute approximate surface area is 269 Å². The van der Waals surface area contributed by atoms with Gasteiger partial charge in [-0.2, -0.15) is 5.26 Å². The van der Waals surface area contributed by atoms with Gasteiger partial charge in [0.1, 0.15) is 17.3 Å². The first kappa shape index (κ1) is 32.7. The number of hydrogen-bond donors (Lipinski definition) is 2. The second kappa shape index (κ2) is 13.7. The van der Waals surface area contributed by atoms with Gasteiger partial charge in [0.2, 0.25) is 11.8 Å². The molecule has 0 radical (unpaired) electrons. The molecule has 2 heterocycles. The molecule has 9 nitrogen and oxygen atoms in total. The van der Waals surface area contributed by atoms with Gasteiger partial charge in [-0.05, 0) is 81.4 Å². The molecule has 4 aromatic rings. The van der Waals surface area contributed by atoms with Crippen LogP contribution in [0.25, 0.3) is 32.8 Å². The summed E-state index contributed by atoms with van der Waals surface area (Å²) in [4.78, 5) is 20.8. The molecule has 1 fully saturated rings. The highest BCUT2D eigenvalue weighted by Crippen LogP contribution is 2.44. The number of halogens is 1. The van der Waals surface area contributed by atoms with E-state index in [0.717, 1.165) is 18.4 Å². The van der Waals surface area contributed by atoms with Gasteiger partial charge in [-0.3, -0.25) is 4.79 Å². The SMILES string of the molecule is C=CC(=O)N1CCC(N(N)c2c(N)c(OC(C)CN(C)CCC)nc3c(F)c(-c4cccc5cccc(C#N)c45)c(C)cc23)CC1. The number of aromatic nitrogens is 1. The Morgan fingerprint density at radius 2 is 1.98 bits per heavy atom. The van der Waals surface area contributed by atoms with Crippen LogP contribution in [0.2, 0.25) is 0 Å². The van der Waals surface area contributed by atoms with Crippen LogP contribution in [-0.4, -0.2) is 66.1 Å². The van der Waals surface area contributed by atoms with E-state index < -0.39 is 5.82 Å². The van der Waals surface area contributed by atoms with Crippen molar-refractivity contribution in [2.45, 2.75) is 52.2 Å². The number of carbonyl (C=O) groups excluding carboxylic acids is 1. The molecule has 3 aromatic carbocycles. The maximum absolute atomic E-state index is 17.0. The van der Waals surface area contributed by atoms with Crippen molar-refractivity contribution >= 4 is 39.0 Å². The van der Waals surface area contributed by atoms with E-state index in [1.807, 2.05) is 57.3 Å². The Hall–Kier alpha value is -4.72. The summed E-state index contributed by atoms with van der Waals surface area (Å²) in [6.07, 6.45) is 3.22. The van der Waals surface area contributed by atoms with Gasteiger partial charge in [-0.15, -0.1) is 0 Å². The number of fused-ring (bicyclic) bond motifs is 2. The highest BCUT2D eigenvalue weighted by atomic mass is 19.1. The largest absolute Gasteiger partial charge is 0.472 e. The minimum Gasteiger partial charge on any atom is -0.472 e. The topological polar surface area (TPSA) is 125 Å². The highest BCUT2D eigenvalue weighted by molar-refractivity contribution is 6.06. The number of piperidine rings is 1. The molecule has 0 aliphatic carbocycles. The maximum atomic E-state index is 17.0. The molecule has 5 rings (SSSR count). The van der Waals surface area contributed by atoms with E-state index in [0.29, 0.717) is 71.2 Å². The lowest BCUT2D eigenvalue weighted by Crippen LogP contribution is -2.49. The van der Waals surface area contributed by atoms with E-state index in [4.69, 9.17) is 21.3 Å². The third-order valence-corrected chi connectivity index (χ3v) is 8.78. The number of aryl methyl sites for hydroxylation is 1. The lowest BCUT2D eigenvalue weighted by atomic mass is 9.90. The number of anilines is 2. The van der Waals surface area contributed by atoms with Gasteiger partial charge in [0.25, 0.3) is 0 Å². The monoisotopic (exact) mass is 623 g/mol. The van der Waals surface area contributed by atoms with Crippen LogP contribution in [0.5, 0.6) is 5.88 Å². The highest BCUT2D eigenvalue weighted by Gasteiger charge is 2.30. The molecule has 1 aromatic heterocycles. The van der Waals surface area contributed by atoms with Crippen molar-refractivity contribution in [2.24, 2.45) is 5.84 Å². The van der Waals surface area contributed by atoms with E-state index >= 15 is 4.39 Å². The predicted octanol–water partition coefficient (Wildman–Crippen LogP) is 5.92. The number of nitrogen functional groups attached to an aromatic ring is 1. The molecule has 240 valence electrons. The molecule has 1 aliphatic rings. The van der Waals surface area contributed by atoms with Crippen molar-refractivity contribution in [3.63, 3.8) is 0 Å². The Morgan fingerprint density at radius 3 is 2.63 bits per heavy atom. The van der Waals surface area contributed by atoms with Crippen molar-refractivity contribution < 1.29 is 13.9 Å². The average Bonchev–Trinajstić information content (AvgIpc) is 3.04. The lowest BCUT2D eigenvalue weighted by Gasteiger charge is -2.38. The number of nitrogens with two attached hydrogens (primary N) is 2. The van der Waals surface area contributed by atoms with Gasteiger partial charge in [-0.25, -0.2) is 15.2 Å². The van der Waals surface area contributed by atoms with E-state index in [2.05, 4.69) is 24.5 Å². The molecule has 1 aliphatic heterocycles. The summed E-state index contributed by atoms with van der Waals surface area (Å²) in [7, 11) is 2.02. The van der Waals surface area contributed by atoms with Crippen LogP contribution in [0.4, 0.5) is 15.8 Å². The molecule has 0 bridgehead atoms. The quantitative estimate of drug-likeness (QED) is 0.127. The van der Waals surface area contributed by atoms with Crippen LogP contribution in [0, 0.1) is 24.1 Å². The molecular formula is C36H42FN7O2. The summed E-state index contributed by atoms with van der Waals surface area (Å²) >= 11 is 0. The summed E-state index contributed by atoms with van der Waals surface area (Å²) in [5.41, 5.74) is 9.60. The first-order valence-corrected chi connectivity index (χ1v) is 15.7. The summed E-state index contributed by atoms with van der Waals surface area (Å²) in [5, 5.41) is 13.5. The van der Waals surface area contributed by atoms with Crippen LogP contribution in [0.1, 0.15) is 44.2 Å². The van der Waals surface area contributed by atoms with Crippen LogP contribution < -0.4 is 21.3 Å². The summed E-state index contributed by atoms with van der Waals surface area (Å²) < 4.78 is 23.4. The summed E-state index contributed by atoms with van der Waals surface area (Å²) in [5.74, 6) is 6.30. The fraction of sp³-hybridized carbons (Fsp3) is 0.361. The molecule has 10 heteroatoms. The van der Waals surface area contributed by atoms with Gasteiger partial charge in [0.15, 0.2) is 5.82 Å². The zero-order valence-corrected chi connectivity index (χ0v) is 27.0. The van der Waals surface area contributed by atoms with Crippen molar-refractivity contribution in [2.75, 3.05) is 44.0 Å². The molecule has 4 N–H and O–H groups in total. The number of hydrogen-bond acceptors (Lipinski definition) is 8. The number of pyridine rings is 1. The number of nitriles is 1. The number of amides is 1. The molecule has 1 unspecified atom stereocenters. The van der Waals surface area contributed by atoms with Gasteiger partial charge in [-0.1, -0.05) is 43.8 Å². The molecule has 1 saturated heterocycles. The zero-order valence-electron chi connectivity index (χ0n) is 27.0. The number of rotatable bonds is 10. The molecular weight excluding hydrogens is 581 g/mol. The van der Waals surface area contributed by atoms with Crippen molar-refractivity contribution in [1.82, 2.24) is 14.8 Å². The Morgan fingerprint density at radius 1 is 1.28 bits per heavy atom. The Kier molecular flexibility index (Phi) is 9.75. The van der Waals surface area contributed by atoms with Crippen molar-refractivity contribution in [3.05, 3.63) is 72.1 Å². The summed E-state index contributed by atoms with van der Waals surface area (Å²) in [6, 6.07) is 15.0. The lowest BCUT2D eigenvalue weighted by molar-refractivity contribution is -0.127. The van der Waals surface area contributed by atoms with E-state index in [1.54, 1.807) is 16.0 Å². The van der Waals surface area contributed by atoms with E-state index in [9.17, 15) is 10.1 Å². The number of hydrazine groups is 1. The number of ether oxygens (including phenoxy) is 1. The number of likely N-dealkylation sites (tertiary alicyclic amines) is 1. The Bertz CT molecular complexity index is 1820. The van der Waals surface area contributed by atoms with Crippen LogP contribution in [-0.2, 0) is 4.79 Å². The van der Waals surface area contributed by atoms with Gasteiger partial charge in [0, 0.05) is 42.0 Å². The van der Waals surface area contributed by atoms with E-state index in [-0.39, 0.29) is 35.1 Å². The van der Waals surface area contributed by atoms with E-state index in [1.165, 1.54) is 6.08 Å². The second-order valence-corrected chi connectivity index (χ2v) is 12.1. The zero-order chi connectivity index (χ0) is 33.1. The number of likely N-dealkylation sites (N-methyl/N-ethyl adjacent to an activating group) is 1.